The molecule has 0 radical (unpaired) electrons. The summed E-state index contributed by atoms with van der Waals surface area (Å²) in [6, 6.07) is 0. The maximum Gasteiger partial charge on any atom is 0.306 e. The van der Waals surface area contributed by atoms with Crippen LogP contribution in [0.4, 0.5) is 0 Å². The van der Waals surface area contributed by atoms with Crippen molar-refractivity contribution in [3.05, 3.63) is 60.8 Å². The molecule has 1 unspecified atom stereocenters. The highest BCUT2D eigenvalue weighted by molar-refractivity contribution is 7.45. The van der Waals surface area contributed by atoms with Gasteiger partial charge in [-0.1, -0.05) is 152 Å². The number of quaternary nitrogens is 1. The fourth-order valence-electron chi connectivity index (χ4n) is 5.29. The van der Waals surface area contributed by atoms with Crippen LogP contribution in [-0.2, 0) is 32.7 Å². The number of allylic oxidation sites excluding steroid dienone is 10. The van der Waals surface area contributed by atoms with Crippen molar-refractivity contribution >= 4 is 19.8 Å². The number of esters is 2. The summed E-state index contributed by atoms with van der Waals surface area (Å²) in [6.45, 7) is 4.01. The molecular formula is C44H78NO8P. The van der Waals surface area contributed by atoms with Crippen molar-refractivity contribution in [2.45, 2.75) is 161 Å². The van der Waals surface area contributed by atoms with Crippen molar-refractivity contribution in [3.8, 4) is 0 Å². The zero-order valence-corrected chi connectivity index (χ0v) is 35.8. The van der Waals surface area contributed by atoms with Gasteiger partial charge in [0.25, 0.3) is 7.82 Å². The summed E-state index contributed by atoms with van der Waals surface area (Å²) in [6.07, 6.45) is 42.4. The van der Waals surface area contributed by atoms with Crippen molar-refractivity contribution in [2.75, 3.05) is 47.5 Å². The molecule has 10 heteroatoms. The van der Waals surface area contributed by atoms with E-state index in [1.54, 1.807) is 0 Å². The average molecular weight is 780 g/mol. The fraction of sp³-hybridized carbons (Fsp3) is 0.727. The minimum atomic E-state index is -4.63. The third kappa shape index (κ3) is 39.4. The zero-order valence-electron chi connectivity index (χ0n) is 34.9. The number of carbonyl (C=O) groups excluding carboxylic acids is 2. The summed E-state index contributed by atoms with van der Waals surface area (Å²) in [5.41, 5.74) is 0. The number of phosphoric acid groups is 1. The minimum Gasteiger partial charge on any atom is -0.756 e. The number of rotatable bonds is 37. The third-order valence-electron chi connectivity index (χ3n) is 8.62. The van der Waals surface area contributed by atoms with E-state index in [4.69, 9.17) is 18.5 Å². The van der Waals surface area contributed by atoms with Crippen LogP contribution in [0, 0.1) is 0 Å². The minimum absolute atomic E-state index is 0.0379. The van der Waals surface area contributed by atoms with Gasteiger partial charge < -0.3 is 27.9 Å². The summed E-state index contributed by atoms with van der Waals surface area (Å²) in [5, 5.41) is 0. The third-order valence-corrected chi connectivity index (χ3v) is 9.58. The lowest BCUT2D eigenvalue weighted by Gasteiger charge is -2.28. The van der Waals surface area contributed by atoms with Gasteiger partial charge in [0.2, 0.25) is 0 Å². The summed E-state index contributed by atoms with van der Waals surface area (Å²) in [7, 11) is 1.14. The first-order valence-electron chi connectivity index (χ1n) is 21.0. The Kier molecular flexibility index (Phi) is 34.8. The monoisotopic (exact) mass is 780 g/mol. The predicted octanol–water partition coefficient (Wildman–Crippen LogP) is 11.1. The van der Waals surface area contributed by atoms with E-state index in [2.05, 4.69) is 44.2 Å². The first-order chi connectivity index (χ1) is 26.0. The van der Waals surface area contributed by atoms with Crippen LogP contribution in [0.25, 0.3) is 0 Å². The van der Waals surface area contributed by atoms with Crippen molar-refractivity contribution < 1.29 is 42.1 Å². The Morgan fingerprint density at radius 3 is 1.63 bits per heavy atom. The van der Waals surface area contributed by atoms with Crippen LogP contribution in [0.15, 0.2) is 60.8 Å². The van der Waals surface area contributed by atoms with Crippen LogP contribution < -0.4 is 4.89 Å². The second kappa shape index (κ2) is 36.4. The number of unbranched alkanes of at least 4 members (excludes halogenated alkanes) is 16. The lowest BCUT2D eigenvalue weighted by Crippen LogP contribution is -2.37. The molecule has 0 aliphatic carbocycles. The molecule has 9 nitrogen and oxygen atoms in total. The van der Waals surface area contributed by atoms with Gasteiger partial charge in [0.15, 0.2) is 6.10 Å². The number of hydrogen-bond acceptors (Lipinski definition) is 8. The molecule has 0 aromatic carbocycles. The van der Waals surface area contributed by atoms with Gasteiger partial charge in [-0.25, -0.2) is 0 Å². The Morgan fingerprint density at radius 1 is 0.593 bits per heavy atom. The Bertz CT molecular complexity index is 1110. The summed E-state index contributed by atoms with van der Waals surface area (Å²) >= 11 is 0. The van der Waals surface area contributed by atoms with E-state index in [1.807, 2.05) is 51.5 Å². The SMILES string of the molecule is CC/C=C/C=C/C=C/C=C/CCCCCCCC(=O)OC[C@H](COP(=O)([O-])OCC[N+](C)(C)C)OC(=O)CCCCCCCCCCC/C=C/CCCC. The smallest absolute Gasteiger partial charge is 0.306 e. The Morgan fingerprint density at radius 2 is 1.07 bits per heavy atom. The molecule has 312 valence electrons. The van der Waals surface area contributed by atoms with Crippen LogP contribution in [0.3, 0.4) is 0 Å². The predicted molar refractivity (Wildman–Crippen MR) is 222 cm³/mol. The number of carbonyl (C=O) groups is 2. The molecule has 0 saturated heterocycles. The van der Waals surface area contributed by atoms with Gasteiger partial charge in [-0.3, -0.25) is 14.2 Å². The molecule has 0 fully saturated rings. The molecule has 0 aliphatic rings. The molecular weight excluding hydrogens is 701 g/mol. The number of phosphoric ester groups is 1. The van der Waals surface area contributed by atoms with Crippen LogP contribution in [0.1, 0.15) is 155 Å². The molecule has 0 amide bonds. The van der Waals surface area contributed by atoms with Gasteiger partial charge in [-0.05, 0) is 51.4 Å². The van der Waals surface area contributed by atoms with Crippen molar-refractivity contribution in [3.63, 3.8) is 0 Å². The topological polar surface area (TPSA) is 111 Å². The standard InChI is InChI=1S/C44H78NO8P/c1-6-8-10-12-14-16-18-20-22-24-26-28-30-32-34-36-43(46)50-40-42(41-52-54(48,49)51-39-38-45(3,4)5)53-44(47)37-35-33-31-29-27-25-23-21-19-17-15-13-11-9-7-2/h8,10,12-16,18,20,22,42H,6-7,9,11,17,19,21,23-41H2,1-5H3/b10-8+,14-12+,15-13+,18-16+,22-20+/t42-/m1/s1. The lowest BCUT2D eigenvalue weighted by molar-refractivity contribution is -0.870. The highest BCUT2D eigenvalue weighted by atomic mass is 31.2. The van der Waals surface area contributed by atoms with E-state index in [-0.39, 0.29) is 26.1 Å². The van der Waals surface area contributed by atoms with Gasteiger partial charge in [-0.15, -0.1) is 0 Å². The molecule has 54 heavy (non-hydrogen) atoms. The van der Waals surface area contributed by atoms with E-state index >= 15 is 0 Å². The van der Waals surface area contributed by atoms with Crippen LogP contribution >= 0.6 is 7.82 Å². The van der Waals surface area contributed by atoms with Crippen LogP contribution in [0.2, 0.25) is 0 Å². The molecule has 0 saturated carbocycles. The Hall–Kier alpha value is -2.29. The van der Waals surface area contributed by atoms with Crippen molar-refractivity contribution in [1.29, 1.82) is 0 Å². The molecule has 0 bridgehead atoms. The van der Waals surface area contributed by atoms with E-state index in [0.29, 0.717) is 23.9 Å². The second-order valence-electron chi connectivity index (χ2n) is 15.1. The first kappa shape index (κ1) is 51.7. The summed E-state index contributed by atoms with van der Waals surface area (Å²) < 4.78 is 33.8. The number of likely N-dealkylation sites (N-methyl/N-ethyl adjacent to an activating group) is 1. The van der Waals surface area contributed by atoms with E-state index in [0.717, 1.165) is 57.8 Å². The maximum atomic E-state index is 12.7. The quantitative estimate of drug-likeness (QED) is 0.0153. The van der Waals surface area contributed by atoms with E-state index < -0.39 is 32.5 Å². The molecule has 0 aromatic rings. The highest BCUT2D eigenvalue weighted by Gasteiger charge is 2.21. The highest BCUT2D eigenvalue weighted by Crippen LogP contribution is 2.38. The Balaban J connectivity index is 4.43. The summed E-state index contributed by atoms with van der Waals surface area (Å²) in [4.78, 5) is 37.5. The normalized spacial score (nSPS) is 14.3. The molecule has 0 heterocycles. The van der Waals surface area contributed by atoms with Gasteiger partial charge in [0.1, 0.15) is 19.8 Å². The van der Waals surface area contributed by atoms with Gasteiger partial charge in [0, 0.05) is 12.8 Å². The van der Waals surface area contributed by atoms with E-state index in [9.17, 15) is 19.0 Å². The molecule has 0 aliphatic heterocycles. The molecule has 2 atom stereocenters. The van der Waals surface area contributed by atoms with Crippen molar-refractivity contribution in [1.82, 2.24) is 0 Å². The van der Waals surface area contributed by atoms with Crippen molar-refractivity contribution in [2.24, 2.45) is 0 Å². The van der Waals surface area contributed by atoms with Gasteiger partial charge in [-0.2, -0.15) is 0 Å². The first-order valence-corrected chi connectivity index (χ1v) is 22.5. The zero-order chi connectivity index (χ0) is 40.0. The average Bonchev–Trinajstić information content (AvgIpc) is 3.12. The number of nitrogens with zero attached hydrogens (tertiary/aromatic N) is 1. The van der Waals surface area contributed by atoms with Gasteiger partial charge >= 0.3 is 11.9 Å². The molecule has 0 spiro atoms. The van der Waals surface area contributed by atoms with Gasteiger partial charge in [0.05, 0.1) is 27.7 Å². The molecule has 0 aromatic heterocycles. The molecule has 0 rings (SSSR count). The fourth-order valence-corrected chi connectivity index (χ4v) is 6.02. The number of ether oxygens (including phenoxy) is 2. The number of hydrogen-bond donors (Lipinski definition) is 0. The maximum absolute atomic E-state index is 12.7. The molecule has 0 N–H and O–H groups in total. The van der Waals surface area contributed by atoms with E-state index in [1.165, 1.54) is 57.8 Å². The summed E-state index contributed by atoms with van der Waals surface area (Å²) in [5.74, 6) is -0.869. The second-order valence-corrected chi connectivity index (χ2v) is 16.5. The van der Waals surface area contributed by atoms with Crippen LogP contribution in [-0.4, -0.2) is 70.0 Å². The Labute approximate surface area is 330 Å². The van der Waals surface area contributed by atoms with Crippen LogP contribution in [0.5, 0.6) is 0 Å². The largest absolute Gasteiger partial charge is 0.756 e. The lowest BCUT2D eigenvalue weighted by atomic mass is 10.1.